The summed E-state index contributed by atoms with van der Waals surface area (Å²) >= 11 is 1.90. The lowest BCUT2D eigenvalue weighted by molar-refractivity contribution is 0.289. The van der Waals surface area contributed by atoms with E-state index in [1.165, 1.54) is 0 Å². The first-order chi connectivity index (χ1) is 5.92. The van der Waals surface area contributed by atoms with Crippen LogP contribution in [0.3, 0.4) is 0 Å². The zero-order chi connectivity index (χ0) is 8.39. The van der Waals surface area contributed by atoms with Crippen molar-refractivity contribution in [1.82, 2.24) is 5.16 Å². The van der Waals surface area contributed by atoms with Crippen LogP contribution in [0, 0.1) is 0 Å². The molecule has 0 N–H and O–H groups in total. The van der Waals surface area contributed by atoms with E-state index in [2.05, 4.69) is 5.16 Å². The summed E-state index contributed by atoms with van der Waals surface area (Å²) in [5.41, 5.74) is 1.16. The number of ether oxygens (including phenoxy) is 1. The molecule has 0 radical (unpaired) electrons. The van der Waals surface area contributed by atoms with Gasteiger partial charge in [0.25, 0.3) is 5.88 Å². The molecular weight excluding hydrogens is 174 g/mol. The first-order valence-corrected chi connectivity index (χ1v) is 5.25. The maximum atomic E-state index is 5.33. The van der Waals surface area contributed by atoms with Gasteiger partial charge in [-0.15, -0.1) is 0 Å². The van der Waals surface area contributed by atoms with Crippen LogP contribution < -0.4 is 4.74 Å². The summed E-state index contributed by atoms with van der Waals surface area (Å²) in [6.45, 7) is 2.61. The van der Waals surface area contributed by atoms with Gasteiger partial charge in [0.15, 0.2) is 0 Å². The SMILES string of the molecule is CCOc1noc2c1CSCC2. The molecular formula is C8H11NO2S. The van der Waals surface area contributed by atoms with E-state index < -0.39 is 0 Å². The second-order valence-corrected chi connectivity index (χ2v) is 3.73. The predicted octanol–water partition coefficient (Wildman–Crippen LogP) is 1.86. The first kappa shape index (κ1) is 7.98. The number of fused-ring (bicyclic) bond motifs is 1. The van der Waals surface area contributed by atoms with Crippen LogP contribution in [-0.2, 0) is 12.2 Å². The summed E-state index contributed by atoms with van der Waals surface area (Å²) in [7, 11) is 0. The Morgan fingerprint density at radius 2 is 2.58 bits per heavy atom. The zero-order valence-electron chi connectivity index (χ0n) is 7.00. The number of hydrogen-bond donors (Lipinski definition) is 0. The minimum Gasteiger partial charge on any atom is -0.476 e. The Bertz CT molecular complexity index is 272. The zero-order valence-corrected chi connectivity index (χ0v) is 7.82. The van der Waals surface area contributed by atoms with E-state index in [-0.39, 0.29) is 0 Å². The normalized spacial score (nSPS) is 15.8. The van der Waals surface area contributed by atoms with Gasteiger partial charge in [0.2, 0.25) is 0 Å². The van der Waals surface area contributed by atoms with E-state index in [9.17, 15) is 0 Å². The van der Waals surface area contributed by atoms with Crippen LogP contribution in [0.4, 0.5) is 0 Å². The Balaban J connectivity index is 2.25. The van der Waals surface area contributed by atoms with E-state index in [4.69, 9.17) is 9.26 Å². The van der Waals surface area contributed by atoms with Gasteiger partial charge in [-0.25, -0.2) is 0 Å². The lowest BCUT2D eigenvalue weighted by atomic mass is 10.2. The van der Waals surface area contributed by atoms with Crippen molar-refractivity contribution in [1.29, 1.82) is 0 Å². The number of thioether (sulfide) groups is 1. The minimum atomic E-state index is 0.656. The van der Waals surface area contributed by atoms with Crippen molar-refractivity contribution in [3.63, 3.8) is 0 Å². The molecule has 1 aromatic heterocycles. The molecule has 1 aromatic rings. The maximum absolute atomic E-state index is 5.33. The van der Waals surface area contributed by atoms with Gasteiger partial charge in [0.05, 0.1) is 12.2 Å². The highest BCUT2D eigenvalue weighted by molar-refractivity contribution is 7.98. The van der Waals surface area contributed by atoms with E-state index in [1.807, 2.05) is 18.7 Å². The smallest absolute Gasteiger partial charge is 0.258 e. The molecule has 0 saturated heterocycles. The largest absolute Gasteiger partial charge is 0.476 e. The molecule has 2 rings (SSSR count). The van der Waals surface area contributed by atoms with Gasteiger partial charge in [-0.3, -0.25) is 0 Å². The summed E-state index contributed by atoms with van der Waals surface area (Å²) in [6, 6.07) is 0. The van der Waals surface area contributed by atoms with Crippen molar-refractivity contribution in [2.24, 2.45) is 0 Å². The highest BCUT2D eigenvalue weighted by Crippen LogP contribution is 2.31. The number of aryl methyl sites for hydroxylation is 1. The van der Waals surface area contributed by atoms with Crippen LogP contribution in [0.2, 0.25) is 0 Å². The van der Waals surface area contributed by atoms with Crippen molar-refractivity contribution in [3.8, 4) is 5.88 Å². The van der Waals surface area contributed by atoms with Gasteiger partial charge in [0.1, 0.15) is 5.76 Å². The van der Waals surface area contributed by atoms with Gasteiger partial charge < -0.3 is 9.26 Å². The van der Waals surface area contributed by atoms with Crippen molar-refractivity contribution < 1.29 is 9.26 Å². The molecule has 1 aliphatic heterocycles. The van der Waals surface area contributed by atoms with E-state index in [0.29, 0.717) is 12.5 Å². The monoisotopic (exact) mass is 185 g/mol. The summed E-state index contributed by atoms with van der Waals surface area (Å²) in [6.07, 6.45) is 0.986. The van der Waals surface area contributed by atoms with Crippen LogP contribution in [0.1, 0.15) is 18.2 Å². The minimum absolute atomic E-state index is 0.656. The van der Waals surface area contributed by atoms with Gasteiger partial charge in [0, 0.05) is 17.9 Å². The van der Waals surface area contributed by atoms with Crippen molar-refractivity contribution in [3.05, 3.63) is 11.3 Å². The third-order valence-electron chi connectivity index (χ3n) is 1.83. The molecule has 0 aliphatic carbocycles. The molecule has 0 bridgehead atoms. The summed E-state index contributed by atoms with van der Waals surface area (Å²) in [4.78, 5) is 0. The lowest BCUT2D eigenvalue weighted by Crippen LogP contribution is -2.01. The third-order valence-corrected chi connectivity index (χ3v) is 2.82. The highest BCUT2D eigenvalue weighted by atomic mass is 32.2. The van der Waals surface area contributed by atoms with Gasteiger partial charge in [-0.1, -0.05) is 0 Å². The van der Waals surface area contributed by atoms with Gasteiger partial charge >= 0.3 is 0 Å². The van der Waals surface area contributed by atoms with Crippen molar-refractivity contribution in [2.45, 2.75) is 19.1 Å². The molecule has 1 aliphatic rings. The fourth-order valence-corrected chi connectivity index (χ4v) is 2.22. The van der Waals surface area contributed by atoms with Crippen molar-refractivity contribution in [2.75, 3.05) is 12.4 Å². The van der Waals surface area contributed by atoms with Crippen LogP contribution in [-0.4, -0.2) is 17.5 Å². The molecule has 4 heteroatoms. The van der Waals surface area contributed by atoms with Crippen molar-refractivity contribution >= 4 is 11.8 Å². The Labute approximate surface area is 75.5 Å². The predicted molar refractivity (Wildman–Crippen MR) is 47.5 cm³/mol. The Morgan fingerprint density at radius 3 is 3.42 bits per heavy atom. The molecule has 2 heterocycles. The average molecular weight is 185 g/mol. The Hall–Kier alpha value is -0.640. The molecule has 12 heavy (non-hydrogen) atoms. The van der Waals surface area contributed by atoms with Gasteiger partial charge in [-0.05, 0) is 12.1 Å². The van der Waals surface area contributed by atoms with Crippen LogP contribution in [0.5, 0.6) is 5.88 Å². The van der Waals surface area contributed by atoms with E-state index >= 15 is 0 Å². The summed E-state index contributed by atoms with van der Waals surface area (Å²) in [5.74, 6) is 3.82. The molecule has 0 atom stereocenters. The Morgan fingerprint density at radius 1 is 1.67 bits per heavy atom. The lowest BCUT2D eigenvalue weighted by Gasteiger charge is -2.08. The molecule has 3 nitrogen and oxygen atoms in total. The molecule has 0 amide bonds. The average Bonchev–Trinajstić information content (AvgIpc) is 2.50. The number of aromatic nitrogens is 1. The highest BCUT2D eigenvalue weighted by Gasteiger charge is 2.20. The summed E-state index contributed by atoms with van der Waals surface area (Å²) < 4.78 is 10.5. The molecule has 0 aromatic carbocycles. The molecule has 66 valence electrons. The molecule has 0 saturated carbocycles. The number of hydrogen-bond acceptors (Lipinski definition) is 4. The van der Waals surface area contributed by atoms with Crippen LogP contribution >= 0.6 is 11.8 Å². The fraction of sp³-hybridized carbons (Fsp3) is 0.625. The van der Waals surface area contributed by atoms with E-state index in [1.54, 1.807) is 0 Å². The molecule has 0 fully saturated rings. The standard InChI is InChI=1S/C8H11NO2S/c1-2-10-8-6-5-12-4-3-7(6)11-9-8/h2-5H2,1H3. The number of nitrogens with zero attached hydrogens (tertiary/aromatic N) is 1. The second kappa shape index (κ2) is 3.39. The fourth-order valence-electron chi connectivity index (χ4n) is 1.25. The van der Waals surface area contributed by atoms with Crippen LogP contribution in [0.15, 0.2) is 4.52 Å². The molecule has 0 unspecified atom stereocenters. The van der Waals surface area contributed by atoms with Gasteiger partial charge in [-0.2, -0.15) is 11.8 Å². The third kappa shape index (κ3) is 1.31. The quantitative estimate of drug-likeness (QED) is 0.704. The van der Waals surface area contributed by atoms with E-state index in [0.717, 1.165) is 29.3 Å². The first-order valence-electron chi connectivity index (χ1n) is 4.09. The summed E-state index contributed by atoms with van der Waals surface area (Å²) in [5, 5.41) is 3.88. The van der Waals surface area contributed by atoms with Crippen LogP contribution in [0.25, 0.3) is 0 Å². The topological polar surface area (TPSA) is 35.3 Å². The second-order valence-electron chi connectivity index (χ2n) is 2.63. The molecule has 0 spiro atoms. The Kier molecular flexibility index (Phi) is 2.26. The maximum Gasteiger partial charge on any atom is 0.258 e. The number of rotatable bonds is 2.